The van der Waals surface area contributed by atoms with E-state index in [0.717, 1.165) is 29.6 Å². The van der Waals surface area contributed by atoms with E-state index >= 15 is 0 Å². The molecule has 136 valence electrons. The van der Waals surface area contributed by atoms with Crippen LogP contribution in [0.5, 0.6) is 0 Å². The fourth-order valence-electron chi connectivity index (χ4n) is 2.10. The number of carbonyl (C=O) groups is 1. The number of thiazole rings is 1. The molecule has 2 aromatic rings. The molecule has 0 aliphatic carbocycles. The molecule has 8 heteroatoms. The SMILES string of the molecule is CN=C(NCCNC(=O)c1ccccc1)NCCc1csc(C)n1.I. The molecular formula is C17H24IN5OS. The molecule has 0 aliphatic rings. The Kier molecular flexibility index (Phi) is 10.1. The monoisotopic (exact) mass is 473 g/mol. The molecular weight excluding hydrogens is 449 g/mol. The van der Waals surface area contributed by atoms with Crippen LogP contribution in [0, 0.1) is 6.92 Å². The Balaban J connectivity index is 0.00000312. The molecule has 1 aromatic carbocycles. The second-order valence-corrected chi connectivity index (χ2v) is 6.22. The number of benzene rings is 1. The number of aryl methyl sites for hydroxylation is 1. The average Bonchev–Trinajstić information content (AvgIpc) is 3.02. The summed E-state index contributed by atoms with van der Waals surface area (Å²) in [6.07, 6.45) is 0.857. The molecule has 0 radical (unpaired) electrons. The summed E-state index contributed by atoms with van der Waals surface area (Å²) in [6, 6.07) is 9.18. The maximum Gasteiger partial charge on any atom is 0.251 e. The Morgan fingerprint density at radius 3 is 2.44 bits per heavy atom. The highest BCUT2D eigenvalue weighted by atomic mass is 127. The number of guanidine groups is 1. The normalized spacial score (nSPS) is 10.7. The Morgan fingerprint density at radius 1 is 1.12 bits per heavy atom. The second-order valence-electron chi connectivity index (χ2n) is 5.16. The summed E-state index contributed by atoms with van der Waals surface area (Å²) in [5.41, 5.74) is 1.76. The number of hydrogen-bond acceptors (Lipinski definition) is 4. The number of nitrogens with one attached hydrogen (secondary N) is 3. The zero-order chi connectivity index (χ0) is 17.2. The molecule has 1 heterocycles. The predicted molar refractivity (Wildman–Crippen MR) is 114 cm³/mol. The van der Waals surface area contributed by atoms with Crippen LogP contribution in [0.15, 0.2) is 40.7 Å². The number of halogens is 1. The largest absolute Gasteiger partial charge is 0.356 e. The molecule has 0 bridgehead atoms. The number of amides is 1. The Morgan fingerprint density at radius 2 is 1.80 bits per heavy atom. The lowest BCUT2D eigenvalue weighted by Gasteiger charge is -2.12. The number of aliphatic imine (C=N–C) groups is 1. The van der Waals surface area contributed by atoms with Crippen LogP contribution in [-0.4, -0.2) is 43.5 Å². The van der Waals surface area contributed by atoms with Crippen LogP contribution in [0.1, 0.15) is 21.1 Å². The zero-order valence-electron chi connectivity index (χ0n) is 14.4. The van der Waals surface area contributed by atoms with Crippen molar-refractivity contribution in [1.29, 1.82) is 0 Å². The van der Waals surface area contributed by atoms with Crippen LogP contribution in [-0.2, 0) is 6.42 Å². The highest BCUT2D eigenvalue weighted by Gasteiger charge is 2.04. The second kappa shape index (κ2) is 11.8. The molecule has 0 aliphatic heterocycles. The molecule has 3 N–H and O–H groups in total. The van der Waals surface area contributed by atoms with Gasteiger partial charge in [0.1, 0.15) is 0 Å². The third-order valence-corrected chi connectivity index (χ3v) is 4.13. The van der Waals surface area contributed by atoms with Gasteiger partial charge < -0.3 is 16.0 Å². The minimum Gasteiger partial charge on any atom is -0.356 e. The molecule has 0 atom stereocenters. The van der Waals surface area contributed by atoms with Crippen LogP contribution in [0.25, 0.3) is 0 Å². The van der Waals surface area contributed by atoms with E-state index in [1.54, 1.807) is 30.5 Å². The lowest BCUT2D eigenvalue weighted by atomic mass is 10.2. The van der Waals surface area contributed by atoms with Gasteiger partial charge in [0.15, 0.2) is 5.96 Å². The summed E-state index contributed by atoms with van der Waals surface area (Å²) in [5.74, 6) is 0.648. The molecule has 2 rings (SSSR count). The average molecular weight is 473 g/mol. The zero-order valence-corrected chi connectivity index (χ0v) is 17.6. The predicted octanol–water partition coefficient (Wildman–Crippen LogP) is 2.21. The molecule has 6 nitrogen and oxygen atoms in total. The number of hydrogen-bond donors (Lipinski definition) is 3. The van der Waals surface area contributed by atoms with Crippen LogP contribution < -0.4 is 16.0 Å². The number of aromatic nitrogens is 1. The lowest BCUT2D eigenvalue weighted by molar-refractivity contribution is 0.0954. The molecule has 0 saturated heterocycles. The first kappa shape index (κ1) is 21.4. The van der Waals surface area contributed by atoms with E-state index in [1.807, 2.05) is 25.1 Å². The van der Waals surface area contributed by atoms with Gasteiger partial charge in [-0.25, -0.2) is 4.98 Å². The van der Waals surface area contributed by atoms with Gasteiger partial charge in [-0.3, -0.25) is 9.79 Å². The molecule has 0 saturated carbocycles. The van der Waals surface area contributed by atoms with E-state index in [4.69, 9.17) is 0 Å². The van der Waals surface area contributed by atoms with Crippen molar-refractivity contribution in [2.75, 3.05) is 26.7 Å². The summed E-state index contributed by atoms with van der Waals surface area (Å²) in [4.78, 5) is 20.5. The van der Waals surface area contributed by atoms with Crippen molar-refractivity contribution in [1.82, 2.24) is 20.9 Å². The minimum atomic E-state index is -0.0701. The van der Waals surface area contributed by atoms with Gasteiger partial charge in [-0.2, -0.15) is 0 Å². The highest BCUT2D eigenvalue weighted by molar-refractivity contribution is 14.0. The number of nitrogens with zero attached hydrogens (tertiary/aromatic N) is 2. The topological polar surface area (TPSA) is 78.4 Å². The lowest BCUT2D eigenvalue weighted by Crippen LogP contribution is -2.42. The van der Waals surface area contributed by atoms with Crippen molar-refractivity contribution in [2.24, 2.45) is 4.99 Å². The van der Waals surface area contributed by atoms with Gasteiger partial charge in [0.25, 0.3) is 5.91 Å². The highest BCUT2D eigenvalue weighted by Crippen LogP contribution is 2.07. The van der Waals surface area contributed by atoms with Gasteiger partial charge in [-0.15, -0.1) is 35.3 Å². The molecule has 0 fully saturated rings. The molecule has 25 heavy (non-hydrogen) atoms. The smallest absolute Gasteiger partial charge is 0.251 e. The maximum absolute atomic E-state index is 11.9. The van der Waals surface area contributed by atoms with Gasteiger partial charge in [0.2, 0.25) is 0 Å². The van der Waals surface area contributed by atoms with E-state index in [-0.39, 0.29) is 29.9 Å². The van der Waals surface area contributed by atoms with Crippen LogP contribution in [0.4, 0.5) is 0 Å². The summed E-state index contributed by atoms with van der Waals surface area (Å²) in [6.45, 7) is 3.90. The van der Waals surface area contributed by atoms with E-state index in [0.29, 0.717) is 18.7 Å². The van der Waals surface area contributed by atoms with E-state index in [2.05, 4.69) is 31.3 Å². The Bertz CT molecular complexity index is 675. The van der Waals surface area contributed by atoms with Gasteiger partial charge >= 0.3 is 0 Å². The molecule has 1 aromatic heterocycles. The Labute approximate surface area is 169 Å². The van der Waals surface area contributed by atoms with Gasteiger partial charge in [0.05, 0.1) is 10.7 Å². The quantitative estimate of drug-likeness (QED) is 0.250. The van der Waals surface area contributed by atoms with Crippen molar-refractivity contribution >= 4 is 47.2 Å². The molecule has 0 spiro atoms. The number of carbonyl (C=O) groups excluding carboxylic acids is 1. The van der Waals surface area contributed by atoms with Crippen LogP contribution >= 0.6 is 35.3 Å². The third kappa shape index (κ3) is 7.82. The van der Waals surface area contributed by atoms with Crippen molar-refractivity contribution in [2.45, 2.75) is 13.3 Å². The molecule has 1 amide bonds. The maximum atomic E-state index is 11.9. The standard InChI is InChI=1S/C17H23N5OS.HI/c1-13-22-15(12-24-13)8-9-20-17(18-2)21-11-10-19-16(23)14-6-4-3-5-7-14;/h3-7,12H,8-11H2,1-2H3,(H,19,23)(H2,18,20,21);1H. The van der Waals surface area contributed by atoms with Gasteiger partial charge in [-0.1, -0.05) is 18.2 Å². The van der Waals surface area contributed by atoms with Crippen molar-refractivity contribution < 1.29 is 4.79 Å². The fraction of sp³-hybridized carbons (Fsp3) is 0.353. The summed E-state index contributed by atoms with van der Waals surface area (Å²) in [5, 5.41) is 12.4. The van der Waals surface area contributed by atoms with Gasteiger partial charge in [0, 0.05) is 44.0 Å². The first-order valence-corrected chi connectivity index (χ1v) is 8.76. The van der Waals surface area contributed by atoms with E-state index < -0.39 is 0 Å². The summed E-state index contributed by atoms with van der Waals surface area (Å²) >= 11 is 1.66. The molecule has 0 unspecified atom stereocenters. The van der Waals surface area contributed by atoms with E-state index in [9.17, 15) is 4.79 Å². The third-order valence-electron chi connectivity index (χ3n) is 3.30. The first-order valence-electron chi connectivity index (χ1n) is 7.88. The van der Waals surface area contributed by atoms with Crippen LogP contribution in [0.3, 0.4) is 0 Å². The summed E-state index contributed by atoms with van der Waals surface area (Å²) in [7, 11) is 1.73. The summed E-state index contributed by atoms with van der Waals surface area (Å²) < 4.78 is 0. The Hall–Kier alpha value is -1.68. The van der Waals surface area contributed by atoms with Crippen molar-refractivity contribution in [3.63, 3.8) is 0 Å². The van der Waals surface area contributed by atoms with Gasteiger partial charge in [-0.05, 0) is 19.1 Å². The van der Waals surface area contributed by atoms with E-state index in [1.165, 1.54) is 0 Å². The van der Waals surface area contributed by atoms with Crippen molar-refractivity contribution in [3.8, 4) is 0 Å². The van der Waals surface area contributed by atoms with Crippen molar-refractivity contribution in [3.05, 3.63) is 52.0 Å². The fourth-order valence-corrected chi connectivity index (χ4v) is 2.75. The van der Waals surface area contributed by atoms with Crippen LogP contribution in [0.2, 0.25) is 0 Å². The first-order chi connectivity index (χ1) is 11.7. The number of rotatable bonds is 7. The minimum absolute atomic E-state index is 0.